The number of hydrogen-bond acceptors (Lipinski definition) is 7. The summed E-state index contributed by atoms with van der Waals surface area (Å²) in [7, 11) is -3.90. The molecule has 0 bridgehead atoms. The van der Waals surface area contributed by atoms with Crippen LogP contribution in [0.25, 0.3) is 0 Å². The van der Waals surface area contributed by atoms with Crippen LogP contribution >= 0.6 is 0 Å². The van der Waals surface area contributed by atoms with Crippen LogP contribution in [-0.4, -0.2) is 61.3 Å². The van der Waals surface area contributed by atoms with Crippen molar-refractivity contribution in [3.05, 3.63) is 107 Å². The lowest BCUT2D eigenvalue weighted by Crippen LogP contribution is -2.54. The molecule has 4 N–H and O–H groups in total. The standard InChI is InChI=1S/C33H41N3O7S/c1-33(2,3)35-31(39)26-18-12-11-17-25(26)20-29(37)27(19-23-13-7-5-8-14-23)34-32(40)28(36-44(4,41)42)21-30(38)43-22-24-15-9-6-10-16-24/h5-18,27-29,36-37H,19-22H2,1-4H3,(H,34,40)(H,35,39)/t27-,28+,29+/m0/s1. The zero-order valence-corrected chi connectivity index (χ0v) is 26.3. The summed E-state index contributed by atoms with van der Waals surface area (Å²) in [5.41, 5.74) is 2.04. The summed E-state index contributed by atoms with van der Waals surface area (Å²) in [5, 5.41) is 17.1. The van der Waals surface area contributed by atoms with Gasteiger partial charge in [0.2, 0.25) is 15.9 Å². The number of aliphatic hydroxyl groups is 1. The molecule has 0 saturated heterocycles. The van der Waals surface area contributed by atoms with Gasteiger partial charge in [-0.3, -0.25) is 14.4 Å². The van der Waals surface area contributed by atoms with E-state index in [1.807, 2.05) is 57.2 Å². The molecule has 0 aromatic heterocycles. The number of hydrogen-bond donors (Lipinski definition) is 4. The van der Waals surface area contributed by atoms with Gasteiger partial charge in [0, 0.05) is 17.5 Å². The van der Waals surface area contributed by atoms with Gasteiger partial charge in [0.1, 0.15) is 12.6 Å². The first-order valence-electron chi connectivity index (χ1n) is 14.3. The highest BCUT2D eigenvalue weighted by Crippen LogP contribution is 2.17. The minimum Gasteiger partial charge on any atom is -0.461 e. The summed E-state index contributed by atoms with van der Waals surface area (Å²) < 4.78 is 31.8. The van der Waals surface area contributed by atoms with Crippen LogP contribution in [-0.2, 0) is 43.8 Å². The Labute approximate surface area is 259 Å². The quantitative estimate of drug-likeness (QED) is 0.202. The second-order valence-corrected chi connectivity index (χ2v) is 13.5. The second-order valence-electron chi connectivity index (χ2n) is 11.7. The molecule has 0 saturated carbocycles. The van der Waals surface area contributed by atoms with Gasteiger partial charge in [-0.1, -0.05) is 78.9 Å². The minimum atomic E-state index is -3.90. The number of ether oxygens (including phenoxy) is 1. The minimum absolute atomic E-state index is 0.0226. The Morgan fingerprint density at radius 2 is 1.41 bits per heavy atom. The molecule has 10 nitrogen and oxygen atoms in total. The summed E-state index contributed by atoms with van der Waals surface area (Å²) in [5.74, 6) is -1.87. The normalized spacial score (nSPS) is 13.8. The number of rotatable bonds is 14. The fraction of sp³-hybridized carbons (Fsp3) is 0.364. The molecule has 3 aromatic rings. The molecule has 0 aliphatic carbocycles. The first kappa shape index (κ1) is 34.4. The van der Waals surface area contributed by atoms with E-state index in [-0.39, 0.29) is 25.4 Å². The van der Waals surface area contributed by atoms with E-state index < -0.39 is 52.0 Å². The van der Waals surface area contributed by atoms with Gasteiger partial charge in [0.15, 0.2) is 0 Å². The summed E-state index contributed by atoms with van der Waals surface area (Å²) >= 11 is 0. The third-order valence-corrected chi connectivity index (χ3v) is 7.27. The fourth-order valence-electron chi connectivity index (χ4n) is 4.54. The van der Waals surface area contributed by atoms with Gasteiger partial charge in [-0.25, -0.2) is 13.1 Å². The number of sulfonamides is 1. The van der Waals surface area contributed by atoms with E-state index in [2.05, 4.69) is 15.4 Å². The van der Waals surface area contributed by atoms with E-state index in [9.17, 15) is 27.9 Å². The molecule has 3 atom stereocenters. The predicted octanol–water partition coefficient (Wildman–Crippen LogP) is 2.90. The zero-order valence-electron chi connectivity index (χ0n) is 25.4. The molecular weight excluding hydrogens is 582 g/mol. The summed E-state index contributed by atoms with van der Waals surface area (Å²) in [6, 6.07) is 22.6. The van der Waals surface area contributed by atoms with E-state index in [1.54, 1.807) is 48.5 Å². The van der Waals surface area contributed by atoms with Crippen LogP contribution in [0.2, 0.25) is 0 Å². The van der Waals surface area contributed by atoms with Gasteiger partial charge < -0.3 is 20.5 Å². The molecule has 0 spiro atoms. The van der Waals surface area contributed by atoms with Crippen LogP contribution in [0.15, 0.2) is 84.9 Å². The highest BCUT2D eigenvalue weighted by molar-refractivity contribution is 7.88. The second kappa shape index (κ2) is 15.6. The highest BCUT2D eigenvalue weighted by Gasteiger charge is 2.31. The maximum Gasteiger partial charge on any atom is 0.308 e. The molecule has 0 fully saturated rings. The van der Waals surface area contributed by atoms with Crippen LogP contribution in [0, 0.1) is 0 Å². The van der Waals surface area contributed by atoms with Gasteiger partial charge in [0.05, 0.1) is 24.8 Å². The van der Waals surface area contributed by atoms with Crippen LogP contribution < -0.4 is 15.4 Å². The van der Waals surface area contributed by atoms with Crippen molar-refractivity contribution in [1.29, 1.82) is 0 Å². The van der Waals surface area contributed by atoms with Crippen LogP contribution in [0.5, 0.6) is 0 Å². The Hall–Kier alpha value is -4.06. The Kier molecular flexibility index (Phi) is 12.2. The molecule has 11 heteroatoms. The summed E-state index contributed by atoms with van der Waals surface area (Å²) in [6.07, 6.45) is -0.622. The monoisotopic (exact) mass is 623 g/mol. The molecule has 44 heavy (non-hydrogen) atoms. The fourth-order valence-corrected chi connectivity index (χ4v) is 5.25. The Morgan fingerprint density at radius 3 is 2.00 bits per heavy atom. The molecule has 0 aliphatic heterocycles. The Bertz CT molecular complexity index is 1510. The number of carbonyl (C=O) groups excluding carboxylic acids is 3. The Balaban J connectivity index is 1.81. The number of esters is 1. The molecule has 3 rings (SSSR count). The van der Waals surface area contributed by atoms with Gasteiger partial charge in [-0.15, -0.1) is 0 Å². The third kappa shape index (κ3) is 11.9. The molecule has 0 heterocycles. The number of nitrogens with one attached hydrogen (secondary N) is 3. The summed E-state index contributed by atoms with van der Waals surface area (Å²) in [6.45, 7) is 5.56. The van der Waals surface area contributed by atoms with Crippen molar-refractivity contribution in [3.63, 3.8) is 0 Å². The number of aliphatic hydroxyl groups excluding tert-OH is 1. The van der Waals surface area contributed by atoms with Gasteiger partial charge >= 0.3 is 5.97 Å². The zero-order chi connectivity index (χ0) is 32.3. The number of amides is 2. The van der Waals surface area contributed by atoms with Crippen molar-refractivity contribution in [2.24, 2.45) is 0 Å². The van der Waals surface area contributed by atoms with Crippen molar-refractivity contribution >= 4 is 27.8 Å². The lowest BCUT2D eigenvalue weighted by molar-refractivity contribution is -0.147. The van der Waals surface area contributed by atoms with Gasteiger partial charge in [-0.05, 0) is 49.9 Å². The molecule has 0 radical (unpaired) electrons. The SMILES string of the molecule is CC(C)(C)NC(=O)c1ccccc1C[C@@H](O)[C@H](Cc1ccccc1)NC(=O)[C@@H](CC(=O)OCc1ccccc1)NS(C)(=O)=O. The van der Waals surface area contributed by atoms with E-state index >= 15 is 0 Å². The van der Waals surface area contributed by atoms with Crippen molar-refractivity contribution in [3.8, 4) is 0 Å². The first-order valence-corrected chi connectivity index (χ1v) is 16.2. The lowest BCUT2D eigenvalue weighted by atomic mass is 9.93. The van der Waals surface area contributed by atoms with Crippen molar-refractivity contribution in [2.45, 2.75) is 70.4 Å². The third-order valence-electron chi connectivity index (χ3n) is 6.56. The van der Waals surface area contributed by atoms with Crippen LogP contribution in [0.3, 0.4) is 0 Å². The summed E-state index contributed by atoms with van der Waals surface area (Å²) in [4.78, 5) is 39.1. The maximum absolute atomic E-state index is 13.5. The molecular formula is C33H41N3O7S. The van der Waals surface area contributed by atoms with E-state index in [1.165, 1.54) is 0 Å². The topological polar surface area (TPSA) is 151 Å². The van der Waals surface area contributed by atoms with E-state index in [4.69, 9.17) is 4.74 Å². The van der Waals surface area contributed by atoms with Crippen LogP contribution in [0.4, 0.5) is 0 Å². The number of benzene rings is 3. The molecule has 0 unspecified atom stereocenters. The molecule has 0 aliphatic rings. The van der Waals surface area contributed by atoms with Crippen molar-refractivity contribution in [1.82, 2.24) is 15.4 Å². The molecule has 236 valence electrons. The van der Waals surface area contributed by atoms with E-state index in [0.717, 1.165) is 17.4 Å². The van der Waals surface area contributed by atoms with Gasteiger partial charge in [0.25, 0.3) is 5.91 Å². The first-order chi connectivity index (χ1) is 20.7. The largest absolute Gasteiger partial charge is 0.461 e. The highest BCUT2D eigenvalue weighted by atomic mass is 32.2. The van der Waals surface area contributed by atoms with Crippen molar-refractivity contribution < 1.29 is 32.6 Å². The predicted molar refractivity (Wildman–Crippen MR) is 168 cm³/mol. The van der Waals surface area contributed by atoms with Crippen molar-refractivity contribution in [2.75, 3.05) is 6.26 Å². The smallest absolute Gasteiger partial charge is 0.308 e. The Morgan fingerprint density at radius 1 is 0.841 bits per heavy atom. The van der Waals surface area contributed by atoms with E-state index in [0.29, 0.717) is 11.1 Å². The van der Waals surface area contributed by atoms with Crippen LogP contribution in [0.1, 0.15) is 54.2 Å². The lowest BCUT2D eigenvalue weighted by Gasteiger charge is -2.28. The average molecular weight is 624 g/mol. The molecule has 2 amide bonds. The molecule has 3 aromatic carbocycles. The number of carbonyl (C=O) groups is 3. The van der Waals surface area contributed by atoms with Gasteiger partial charge in [-0.2, -0.15) is 0 Å². The average Bonchev–Trinajstić information content (AvgIpc) is 2.95. The maximum atomic E-state index is 13.5.